The van der Waals surface area contributed by atoms with E-state index in [0.717, 1.165) is 17.5 Å². The monoisotopic (exact) mass is 255 g/mol. The first kappa shape index (κ1) is 12.9. The highest BCUT2D eigenvalue weighted by molar-refractivity contribution is 6.32. The van der Waals surface area contributed by atoms with Gasteiger partial charge in [-0.2, -0.15) is 0 Å². The number of nitrogens with zero attached hydrogens (tertiary/aromatic N) is 3. The van der Waals surface area contributed by atoms with E-state index in [1.807, 2.05) is 30.4 Å². The number of hydrogen-bond acceptors (Lipinski definition) is 1. The summed E-state index contributed by atoms with van der Waals surface area (Å²) in [5, 5.41) is 4.12. The minimum atomic E-state index is 0.402. The van der Waals surface area contributed by atoms with Gasteiger partial charge in [-0.15, -0.1) is 11.6 Å². The Kier molecular flexibility index (Phi) is 5.79. The van der Waals surface area contributed by atoms with Gasteiger partial charge in [0.25, 0.3) is 0 Å². The van der Waals surface area contributed by atoms with Crippen LogP contribution in [0.15, 0.2) is 29.4 Å². The Labute approximate surface area is 104 Å². The zero-order valence-corrected chi connectivity index (χ0v) is 10.1. The van der Waals surface area contributed by atoms with E-state index in [9.17, 15) is 0 Å². The Morgan fingerprint density at radius 3 is 2.94 bits per heavy atom. The van der Waals surface area contributed by atoms with Gasteiger partial charge in [-0.1, -0.05) is 34.9 Å². The fourth-order valence-corrected chi connectivity index (χ4v) is 1.67. The van der Waals surface area contributed by atoms with Crippen molar-refractivity contribution in [2.45, 2.75) is 12.3 Å². The number of hydrogen-bond donors (Lipinski definition) is 0. The van der Waals surface area contributed by atoms with Gasteiger partial charge in [0.05, 0.1) is 0 Å². The minimum Gasteiger partial charge on any atom is -0.121 e. The fourth-order valence-electron chi connectivity index (χ4n) is 1.20. The fraction of sp³-hybridized carbons (Fsp3) is 0.273. The summed E-state index contributed by atoms with van der Waals surface area (Å²) < 4.78 is 0. The Hall–Kier alpha value is -1.15. The number of azide groups is 1. The van der Waals surface area contributed by atoms with Gasteiger partial charge < -0.3 is 0 Å². The summed E-state index contributed by atoms with van der Waals surface area (Å²) in [6.45, 7) is 0.475. The number of benzene rings is 1. The molecule has 0 saturated carbocycles. The summed E-state index contributed by atoms with van der Waals surface area (Å²) >= 11 is 11.7. The summed E-state index contributed by atoms with van der Waals surface area (Å²) in [4.78, 5) is 2.68. The summed E-state index contributed by atoms with van der Waals surface area (Å²) in [6, 6.07) is 5.69. The van der Waals surface area contributed by atoms with E-state index in [4.69, 9.17) is 28.7 Å². The van der Waals surface area contributed by atoms with Crippen molar-refractivity contribution in [3.63, 3.8) is 0 Å². The van der Waals surface area contributed by atoms with Gasteiger partial charge in [0.2, 0.25) is 0 Å². The lowest BCUT2D eigenvalue weighted by Crippen LogP contribution is -1.82. The van der Waals surface area contributed by atoms with Gasteiger partial charge in [0, 0.05) is 22.4 Å². The predicted molar refractivity (Wildman–Crippen MR) is 68.7 cm³/mol. The number of halogens is 2. The lowest BCUT2D eigenvalue weighted by atomic mass is 10.1. The normalized spacial score (nSPS) is 10.4. The van der Waals surface area contributed by atoms with E-state index >= 15 is 0 Å². The molecule has 1 aromatic rings. The van der Waals surface area contributed by atoms with Crippen molar-refractivity contribution in [3.8, 4) is 0 Å². The quantitative estimate of drug-likeness (QED) is 0.239. The highest BCUT2D eigenvalue weighted by Crippen LogP contribution is 2.20. The van der Waals surface area contributed by atoms with Crippen LogP contribution >= 0.6 is 23.2 Å². The molecule has 0 aromatic heterocycles. The second-order valence-corrected chi connectivity index (χ2v) is 3.80. The largest absolute Gasteiger partial charge is 0.121 e. The maximum atomic E-state index is 8.09. The lowest BCUT2D eigenvalue weighted by Gasteiger charge is -2.01. The van der Waals surface area contributed by atoms with Crippen LogP contribution in [0, 0.1) is 0 Å². The van der Waals surface area contributed by atoms with E-state index < -0.39 is 0 Å². The van der Waals surface area contributed by atoms with Crippen LogP contribution < -0.4 is 0 Å². The summed E-state index contributed by atoms with van der Waals surface area (Å²) in [5.41, 5.74) is 10.0. The van der Waals surface area contributed by atoms with Crippen LogP contribution in [0.3, 0.4) is 0 Å². The van der Waals surface area contributed by atoms with Crippen LogP contribution in [0.4, 0.5) is 0 Å². The van der Waals surface area contributed by atoms with E-state index in [1.54, 1.807) is 0 Å². The topological polar surface area (TPSA) is 48.8 Å². The predicted octanol–water partition coefficient (Wildman–Crippen LogP) is 4.79. The zero-order valence-electron chi connectivity index (χ0n) is 8.61. The molecule has 84 valence electrons. The summed E-state index contributed by atoms with van der Waals surface area (Å²) in [5.74, 6) is 0.402. The molecule has 0 spiro atoms. The molecule has 0 amide bonds. The highest BCUT2D eigenvalue weighted by atomic mass is 35.5. The maximum Gasteiger partial charge on any atom is 0.0489 e. The average Bonchev–Trinajstić information content (AvgIpc) is 2.31. The molecule has 5 heteroatoms. The smallest absolute Gasteiger partial charge is 0.0489 e. The van der Waals surface area contributed by atoms with Crippen molar-refractivity contribution in [3.05, 3.63) is 50.9 Å². The third-order valence-corrected chi connectivity index (χ3v) is 2.64. The van der Waals surface area contributed by atoms with Crippen molar-refractivity contribution in [2.24, 2.45) is 5.11 Å². The third-order valence-electron chi connectivity index (χ3n) is 1.98. The molecule has 3 nitrogen and oxygen atoms in total. The number of alkyl halides is 1. The molecule has 0 saturated heterocycles. The molecular formula is C11H11Cl2N3. The second kappa shape index (κ2) is 7.18. The van der Waals surface area contributed by atoms with Crippen LogP contribution in [-0.2, 0) is 5.88 Å². The van der Waals surface area contributed by atoms with Gasteiger partial charge in [0.15, 0.2) is 0 Å². The molecule has 0 N–H and O–H groups in total. The van der Waals surface area contributed by atoms with E-state index in [1.165, 1.54) is 0 Å². The second-order valence-electron chi connectivity index (χ2n) is 3.13. The molecule has 1 aromatic carbocycles. The first-order valence-corrected chi connectivity index (χ1v) is 5.71. The van der Waals surface area contributed by atoms with Crippen molar-refractivity contribution in [1.29, 1.82) is 0 Å². The lowest BCUT2D eigenvalue weighted by molar-refractivity contribution is 0.995. The molecule has 0 fully saturated rings. The van der Waals surface area contributed by atoms with Crippen molar-refractivity contribution in [1.82, 2.24) is 0 Å². The average molecular weight is 256 g/mol. The van der Waals surface area contributed by atoms with Crippen molar-refractivity contribution >= 4 is 29.3 Å². The van der Waals surface area contributed by atoms with Crippen LogP contribution in [0.25, 0.3) is 16.5 Å². The first-order valence-electron chi connectivity index (χ1n) is 4.79. The Balaban J connectivity index is 2.63. The first-order chi connectivity index (χ1) is 7.77. The van der Waals surface area contributed by atoms with E-state index in [2.05, 4.69) is 10.0 Å². The molecule has 0 aliphatic rings. The van der Waals surface area contributed by atoms with Gasteiger partial charge >= 0.3 is 0 Å². The van der Waals surface area contributed by atoms with Gasteiger partial charge in [0.1, 0.15) is 0 Å². The van der Waals surface area contributed by atoms with Crippen LogP contribution in [0.1, 0.15) is 17.5 Å². The SMILES string of the molecule is [N-]=[N+]=NCCC=Cc1ccc(Cl)c(CCl)c1. The molecule has 0 atom stereocenters. The molecule has 0 aliphatic heterocycles. The molecule has 0 bridgehead atoms. The molecule has 0 heterocycles. The molecule has 0 radical (unpaired) electrons. The van der Waals surface area contributed by atoms with Gasteiger partial charge in [-0.05, 0) is 35.2 Å². The maximum absolute atomic E-state index is 8.09. The minimum absolute atomic E-state index is 0.402. The standard InChI is InChI=1S/C11H11Cl2N3/c12-8-10-7-9(4-5-11(10)13)3-1-2-6-15-16-14/h1,3-5,7H,2,6,8H2. The number of rotatable bonds is 5. The molecule has 16 heavy (non-hydrogen) atoms. The Morgan fingerprint density at radius 1 is 1.44 bits per heavy atom. The van der Waals surface area contributed by atoms with Crippen molar-refractivity contribution in [2.75, 3.05) is 6.54 Å². The third kappa shape index (κ3) is 4.15. The molecular weight excluding hydrogens is 245 g/mol. The van der Waals surface area contributed by atoms with E-state index in [-0.39, 0.29) is 0 Å². The zero-order chi connectivity index (χ0) is 11.8. The van der Waals surface area contributed by atoms with Crippen molar-refractivity contribution < 1.29 is 0 Å². The highest BCUT2D eigenvalue weighted by Gasteiger charge is 1.98. The molecule has 0 aliphatic carbocycles. The Morgan fingerprint density at radius 2 is 2.25 bits per heavy atom. The van der Waals surface area contributed by atoms with Crippen LogP contribution in [-0.4, -0.2) is 6.54 Å². The van der Waals surface area contributed by atoms with Crippen LogP contribution in [0.5, 0.6) is 0 Å². The summed E-state index contributed by atoms with van der Waals surface area (Å²) in [7, 11) is 0. The van der Waals surface area contributed by atoms with Gasteiger partial charge in [-0.25, -0.2) is 0 Å². The molecule has 0 unspecified atom stereocenters. The van der Waals surface area contributed by atoms with Crippen LogP contribution in [0.2, 0.25) is 5.02 Å². The van der Waals surface area contributed by atoms with Gasteiger partial charge in [-0.3, -0.25) is 0 Å². The summed E-state index contributed by atoms with van der Waals surface area (Å²) in [6.07, 6.45) is 4.64. The Bertz CT molecular complexity index is 423. The molecule has 1 rings (SSSR count). The van der Waals surface area contributed by atoms with E-state index in [0.29, 0.717) is 17.4 Å².